The number of piperidine rings is 1. The molecule has 2 aliphatic heterocycles. The van der Waals surface area contributed by atoms with Crippen LogP contribution in [0.25, 0.3) is 0 Å². The standard InChI is InChI=1S/C30H36F3N5O2/c1-21-7-8-23(17-26(21)30(31,32)33)28(27-18-34-20-35-27)37-13-9-25(10-14-37)38(19-22-5-3-2-4-6-22)29(39)36-24-11-15-40-16-12-24/h2-8,17-18,20,24-25,28H,9-16,19H2,1H3,(H,34,35)(H,36,39). The Morgan fingerprint density at radius 3 is 2.50 bits per heavy atom. The SMILES string of the molecule is Cc1ccc(C(c2cnc[nH]2)N2CCC(N(Cc3ccccc3)C(=O)NC3CCOCC3)CC2)cc1C(F)(F)F. The van der Waals surface area contributed by atoms with E-state index < -0.39 is 17.8 Å². The van der Waals surface area contributed by atoms with Gasteiger partial charge in [-0.25, -0.2) is 9.78 Å². The van der Waals surface area contributed by atoms with Gasteiger partial charge in [-0.1, -0.05) is 42.5 Å². The van der Waals surface area contributed by atoms with Crippen molar-refractivity contribution >= 4 is 6.03 Å². The molecule has 40 heavy (non-hydrogen) atoms. The number of amides is 2. The molecule has 0 spiro atoms. The third-order valence-corrected chi connectivity index (χ3v) is 8.01. The number of halogens is 3. The third kappa shape index (κ3) is 6.67. The number of hydrogen-bond donors (Lipinski definition) is 2. The Kier molecular flexibility index (Phi) is 8.75. The molecule has 7 nitrogen and oxygen atoms in total. The molecule has 3 aromatic rings. The van der Waals surface area contributed by atoms with Crippen molar-refractivity contribution in [2.75, 3.05) is 26.3 Å². The maximum absolute atomic E-state index is 13.8. The summed E-state index contributed by atoms with van der Waals surface area (Å²) in [6.07, 6.45) is 1.80. The highest BCUT2D eigenvalue weighted by atomic mass is 19.4. The fourth-order valence-corrected chi connectivity index (χ4v) is 5.82. The van der Waals surface area contributed by atoms with E-state index in [2.05, 4.69) is 20.2 Å². The number of nitrogens with zero attached hydrogens (tertiary/aromatic N) is 3. The lowest BCUT2D eigenvalue weighted by molar-refractivity contribution is -0.138. The first kappa shape index (κ1) is 28.2. The van der Waals surface area contributed by atoms with Gasteiger partial charge in [-0.3, -0.25) is 4.90 Å². The Bertz CT molecular complexity index is 1240. The van der Waals surface area contributed by atoms with E-state index in [0.29, 0.717) is 51.3 Å². The second-order valence-electron chi connectivity index (χ2n) is 10.7. The number of hydrogen-bond acceptors (Lipinski definition) is 4. The molecule has 2 amide bonds. The van der Waals surface area contributed by atoms with Gasteiger partial charge in [0.1, 0.15) is 0 Å². The molecular weight excluding hydrogens is 519 g/mol. The molecule has 0 radical (unpaired) electrons. The highest BCUT2D eigenvalue weighted by Gasteiger charge is 2.36. The number of carbonyl (C=O) groups excluding carboxylic acids is 1. The van der Waals surface area contributed by atoms with E-state index in [1.807, 2.05) is 35.2 Å². The lowest BCUT2D eigenvalue weighted by atomic mass is 9.94. The predicted molar refractivity (Wildman–Crippen MR) is 146 cm³/mol. The van der Waals surface area contributed by atoms with Gasteiger partial charge in [-0.15, -0.1) is 0 Å². The maximum atomic E-state index is 13.8. The van der Waals surface area contributed by atoms with E-state index in [-0.39, 0.29) is 23.7 Å². The minimum Gasteiger partial charge on any atom is -0.381 e. The predicted octanol–water partition coefficient (Wildman–Crippen LogP) is 5.68. The smallest absolute Gasteiger partial charge is 0.381 e. The van der Waals surface area contributed by atoms with Crippen LogP contribution in [0.15, 0.2) is 61.1 Å². The molecule has 5 rings (SSSR count). The zero-order valence-electron chi connectivity index (χ0n) is 22.7. The van der Waals surface area contributed by atoms with E-state index in [1.165, 1.54) is 19.1 Å². The Labute approximate surface area is 232 Å². The van der Waals surface area contributed by atoms with Crippen LogP contribution in [0.2, 0.25) is 0 Å². The van der Waals surface area contributed by atoms with Gasteiger partial charge in [-0.05, 0) is 55.4 Å². The summed E-state index contributed by atoms with van der Waals surface area (Å²) in [4.78, 5) is 24.9. The van der Waals surface area contributed by atoms with E-state index in [1.54, 1.807) is 18.6 Å². The molecule has 2 N–H and O–H groups in total. The molecule has 2 saturated heterocycles. The van der Waals surface area contributed by atoms with Gasteiger partial charge in [0.15, 0.2) is 0 Å². The highest BCUT2D eigenvalue weighted by molar-refractivity contribution is 5.75. The summed E-state index contributed by atoms with van der Waals surface area (Å²) in [5.74, 6) is 0. The number of aryl methyl sites for hydroxylation is 1. The summed E-state index contributed by atoms with van der Waals surface area (Å²) >= 11 is 0. The van der Waals surface area contributed by atoms with Gasteiger partial charge in [0, 0.05) is 51.1 Å². The average molecular weight is 556 g/mol. The van der Waals surface area contributed by atoms with Gasteiger partial charge in [0.05, 0.1) is 23.6 Å². The molecule has 1 unspecified atom stereocenters. The van der Waals surface area contributed by atoms with Crippen LogP contribution >= 0.6 is 0 Å². The van der Waals surface area contributed by atoms with Crippen molar-refractivity contribution in [2.24, 2.45) is 0 Å². The number of benzene rings is 2. The van der Waals surface area contributed by atoms with Crippen LogP contribution in [0.1, 0.15) is 59.7 Å². The average Bonchev–Trinajstić information content (AvgIpc) is 3.48. The van der Waals surface area contributed by atoms with Crippen molar-refractivity contribution in [3.8, 4) is 0 Å². The normalized spacial score (nSPS) is 18.4. The molecule has 2 fully saturated rings. The van der Waals surface area contributed by atoms with E-state index in [0.717, 1.165) is 24.1 Å². The van der Waals surface area contributed by atoms with Crippen LogP contribution in [0.3, 0.4) is 0 Å². The van der Waals surface area contributed by atoms with Crippen LogP contribution < -0.4 is 5.32 Å². The molecule has 3 heterocycles. The number of alkyl halides is 3. The maximum Gasteiger partial charge on any atom is 0.416 e. The molecule has 10 heteroatoms. The molecular formula is C30H36F3N5O2. The number of aromatic nitrogens is 2. The molecule has 2 aliphatic rings. The topological polar surface area (TPSA) is 73.5 Å². The highest BCUT2D eigenvalue weighted by Crippen LogP contribution is 2.37. The first-order valence-electron chi connectivity index (χ1n) is 13.9. The fourth-order valence-electron chi connectivity index (χ4n) is 5.82. The second-order valence-corrected chi connectivity index (χ2v) is 10.7. The van der Waals surface area contributed by atoms with Gasteiger partial charge >= 0.3 is 12.2 Å². The monoisotopic (exact) mass is 555 g/mol. The Balaban J connectivity index is 1.35. The number of nitrogens with one attached hydrogen (secondary N) is 2. The molecule has 2 aromatic carbocycles. The summed E-state index contributed by atoms with van der Waals surface area (Å²) in [5, 5.41) is 3.22. The lowest BCUT2D eigenvalue weighted by Gasteiger charge is -2.42. The number of carbonyl (C=O) groups is 1. The zero-order chi connectivity index (χ0) is 28.1. The molecule has 0 saturated carbocycles. The minimum atomic E-state index is -4.43. The lowest BCUT2D eigenvalue weighted by Crippen LogP contribution is -2.53. The number of aromatic amines is 1. The Morgan fingerprint density at radius 2 is 1.85 bits per heavy atom. The van der Waals surface area contributed by atoms with Crippen molar-refractivity contribution in [2.45, 2.75) is 63.5 Å². The van der Waals surface area contributed by atoms with Crippen LogP contribution in [0.5, 0.6) is 0 Å². The summed E-state index contributed by atoms with van der Waals surface area (Å²) in [6, 6.07) is 14.1. The number of H-pyrrole nitrogens is 1. The van der Waals surface area contributed by atoms with Crippen molar-refractivity contribution in [3.05, 3.63) is 89.0 Å². The zero-order valence-corrected chi connectivity index (χ0v) is 22.7. The number of urea groups is 1. The van der Waals surface area contributed by atoms with Crippen molar-refractivity contribution in [1.82, 2.24) is 25.1 Å². The second kappa shape index (κ2) is 12.4. The first-order chi connectivity index (χ1) is 19.3. The van der Waals surface area contributed by atoms with Crippen LogP contribution in [-0.2, 0) is 17.5 Å². The van der Waals surface area contributed by atoms with Crippen LogP contribution in [0.4, 0.5) is 18.0 Å². The summed E-state index contributed by atoms with van der Waals surface area (Å²) in [6.45, 7) is 4.52. The third-order valence-electron chi connectivity index (χ3n) is 8.01. The van der Waals surface area contributed by atoms with Gasteiger partial charge in [-0.2, -0.15) is 13.2 Å². The Hall–Kier alpha value is -3.37. The van der Waals surface area contributed by atoms with Crippen molar-refractivity contribution in [3.63, 3.8) is 0 Å². The number of ether oxygens (including phenoxy) is 1. The van der Waals surface area contributed by atoms with Crippen LogP contribution in [-0.4, -0.2) is 64.2 Å². The largest absolute Gasteiger partial charge is 0.416 e. The van der Waals surface area contributed by atoms with Crippen molar-refractivity contribution in [1.29, 1.82) is 0 Å². The Morgan fingerprint density at radius 1 is 1.12 bits per heavy atom. The number of rotatable bonds is 7. The molecule has 214 valence electrons. The quantitative estimate of drug-likeness (QED) is 0.394. The van der Waals surface area contributed by atoms with Gasteiger partial charge in [0.2, 0.25) is 0 Å². The molecule has 0 aliphatic carbocycles. The van der Waals surface area contributed by atoms with E-state index >= 15 is 0 Å². The molecule has 1 atom stereocenters. The van der Waals surface area contributed by atoms with Crippen LogP contribution in [0, 0.1) is 6.92 Å². The van der Waals surface area contributed by atoms with E-state index in [4.69, 9.17) is 4.74 Å². The number of imidazole rings is 1. The van der Waals surface area contributed by atoms with Crippen molar-refractivity contribution < 1.29 is 22.7 Å². The van der Waals surface area contributed by atoms with E-state index in [9.17, 15) is 18.0 Å². The number of likely N-dealkylation sites (tertiary alicyclic amines) is 1. The minimum absolute atomic E-state index is 0.00228. The molecule has 0 bridgehead atoms. The fraction of sp³-hybridized carbons (Fsp3) is 0.467. The summed E-state index contributed by atoms with van der Waals surface area (Å²) in [7, 11) is 0. The summed E-state index contributed by atoms with van der Waals surface area (Å²) in [5.41, 5.74) is 1.95. The first-order valence-corrected chi connectivity index (χ1v) is 13.9. The van der Waals surface area contributed by atoms with Gasteiger partial charge in [0.25, 0.3) is 0 Å². The van der Waals surface area contributed by atoms with Gasteiger partial charge < -0.3 is 19.9 Å². The summed E-state index contributed by atoms with van der Waals surface area (Å²) < 4.78 is 46.7. The molecule has 1 aromatic heterocycles.